The predicted molar refractivity (Wildman–Crippen MR) is 84.1 cm³/mol. The van der Waals surface area contributed by atoms with E-state index in [1.165, 1.54) is 5.56 Å². The largest absolute Gasteiger partial charge is 0.395 e. The third-order valence-electron chi connectivity index (χ3n) is 4.34. The summed E-state index contributed by atoms with van der Waals surface area (Å²) in [5.74, 6) is 0.246. The standard InChI is InChI=1S/C17H26N2O2/c1-2-16(14-20)18-10-12-19(13-11-18)17(21)9-8-15-6-4-3-5-7-15/h3-7,16,20H,2,8-14H2,1H3. The van der Waals surface area contributed by atoms with Crippen molar-refractivity contribution in [2.75, 3.05) is 32.8 Å². The van der Waals surface area contributed by atoms with Crippen LogP contribution in [0.15, 0.2) is 30.3 Å². The second-order valence-electron chi connectivity index (χ2n) is 5.65. The normalized spacial score (nSPS) is 17.7. The van der Waals surface area contributed by atoms with Crippen molar-refractivity contribution < 1.29 is 9.90 Å². The van der Waals surface area contributed by atoms with Gasteiger partial charge in [0.2, 0.25) is 5.91 Å². The minimum atomic E-state index is 0.207. The molecular formula is C17H26N2O2. The van der Waals surface area contributed by atoms with Crippen LogP contribution in [0.3, 0.4) is 0 Å². The van der Waals surface area contributed by atoms with Crippen LogP contribution in [0.25, 0.3) is 0 Å². The number of amides is 1. The summed E-state index contributed by atoms with van der Waals surface area (Å²) in [6.45, 7) is 5.61. The Bertz CT molecular complexity index is 424. The third kappa shape index (κ3) is 4.55. The molecule has 0 radical (unpaired) electrons. The van der Waals surface area contributed by atoms with Gasteiger partial charge in [-0.25, -0.2) is 0 Å². The molecule has 0 spiro atoms. The van der Waals surface area contributed by atoms with Gasteiger partial charge < -0.3 is 10.0 Å². The lowest BCUT2D eigenvalue weighted by Crippen LogP contribution is -2.52. The molecule has 1 aliphatic heterocycles. The van der Waals surface area contributed by atoms with Gasteiger partial charge in [-0.3, -0.25) is 9.69 Å². The van der Waals surface area contributed by atoms with Gasteiger partial charge in [-0.05, 0) is 18.4 Å². The average molecular weight is 290 g/mol. The molecule has 4 heteroatoms. The van der Waals surface area contributed by atoms with Crippen molar-refractivity contribution in [3.05, 3.63) is 35.9 Å². The zero-order valence-corrected chi connectivity index (χ0v) is 12.9. The zero-order valence-electron chi connectivity index (χ0n) is 12.9. The molecule has 0 bridgehead atoms. The molecule has 0 aromatic heterocycles. The SMILES string of the molecule is CCC(CO)N1CCN(C(=O)CCc2ccccc2)CC1. The Labute approximate surface area is 127 Å². The Kier molecular flexibility index (Phi) is 6.21. The summed E-state index contributed by atoms with van der Waals surface area (Å²) in [6.07, 6.45) is 2.35. The Morgan fingerprint density at radius 1 is 1.19 bits per heavy atom. The van der Waals surface area contributed by atoms with E-state index < -0.39 is 0 Å². The van der Waals surface area contributed by atoms with Crippen LogP contribution in [0, 0.1) is 0 Å². The monoisotopic (exact) mass is 290 g/mol. The van der Waals surface area contributed by atoms with Crippen molar-refractivity contribution in [1.82, 2.24) is 9.80 Å². The summed E-state index contributed by atoms with van der Waals surface area (Å²) >= 11 is 0. The summed E-state index contributed by atoms with van der Waals surface area (Å²) in [5, 5.41) is 9.34. The van der Waals surface area contributed by atoms with Crippen molar-refractivity contribution in [3.63, 3.8) is 0 Å². The van der Waals surface area contributed by atoms with Crippen LogP contribution in [-0.2, 0) is 11.2 Å². The predicted octanol–water partition coefficient (Wildman–Crippen LogP) is 1.53. The number of aliphatic hydroxyl groups excluding tert-OH is 1. The fourth-order valence-corrected chi connectivity index (χ4v) is 2.89. The van der Waals surface area contributed by atoms with E-state index in [0.717, 1.165) is 39.0 Å². The Hall–Kier alpha value is -1.39. The van der Waals surface area contributed by atoms with E-state index in [4.69, 9.17) is 0 Å². The highest BCUT2D eigenvalue weighted by Crippen LogP contribution is 2.11. The van der Waals surface area contributed by atoms with Crippen molar-refractivity contribution in [2.45, 2.75) is 32.2 Å². The van der Waals surface area contributed by atoms with Gasteiger partial charge in [-0.1, -0.05) is 37.3 Å². The number of benzene rings is 1. The molecule has 21 heavy (non-hydrogen) atoms. The van der Waals surface area contributed by atoms with E-state index in [2.05, 4.69) is 24.0 Å². The van der Waals surface area contributed by atoms with E-state index in [1.807, 2.05) is 23.1 Å². The number of aryl methyl sites for hydroxylation is 1. The number of aliphatic hydroxyl groups is 1. The molecular weight excluding hydrogens is 264 g/mol. The number of piperazine rings is 1. The number of carbonyl (C=O) groups is 1. The molecule has 1 heterocycles. The van der Waals surface area contributed by atoms with E-state index >= 15 is 0 Å². The molecule has 1 amide bonds. The number of carbonyl (C=O) groups excluding carboxylic acids is 1. The Morgan fingerprint density at radius 3 is 2.43 bits per heavy atom. The number of hydrogen-bond donors (Lipinski definition) is 1. The lowest BCUT2D eigenvalue weighted by molar-refractivity contribution is -0.133. The highest BCUT2D eigenvalue weighted by molar-refractivity contribution is 5.76. The van der Waals surface area contributed by atoms with E-state index in [0.29, 0.717) is 6.42 Å². The topological polar surface area (TPSA) is 43.8 Å². The molecule has 1 aromatic carbocycles. The van der Waals surface area contributed by atoms with Gasteiger partial charge in [0.1, 0.15) is 0 Å². The molecule has 1 fully saturated rings. The van der Waals surface area contributed by atoms with Crippen LogP contribution in [0.2, 0.25) is 0 Å². The first-order chi connectivity index (χ1) is 10.2. The van der Waals surface area contributed by atoms with Gasteiger partial charge in [-0.15, -0.1) is 0 Å². The van der Waals surface area contributed by atoms with Crippen LogP contribution >= 0.6 is 0 Å². The minimum absolute atomic E-state index is 0.207. The summed E-state index contributed by atoms with van der Waals surface area (Å²) in [5.41, 5.74) is 1.22. The Morgan fingerprint density at radius 2 is 1.86 bits per heavy atom. The molecule has 0 saturated carbocycles. The number of hydrogen-bond acceptors (Lipinski definition) is 3. The van der Waals surface area contributed by atoms with E-state index in [9.17, 15) is 9.90 Å². The van der Waals surface area contributed by atoms with Crippen LogP contribution in [0.5, 0.6) is 0 Å². The molecule has 1 aliphatic rings. The zero-order chi connectivity index (χ0) is 15.1. The maximum absolute atomic E-state index is 12.2. The molecule has 1 N–H and O–H groups in total. The summed E-state index contributed by atoms with van der Waals surface area (Å²) < 4.78 is 0. The number of rotatable bonds is 6. The van der Waals surface area contributed by atoms with Crippen molar-refractivity contribution in [2.24, 2.45) is 0 Å². The number of nitrogens with zero attached hydrogens (tertiary/aromatic N) is 2. The van der Waals surface area contributed by atoms with Crippen LogP contribution < -0.4 is 0 Å². The maximum Gasteiger partial charge on any atom is 0.222 e. The quantitative estimate of drug-likeness (QED) is 0.864. The Balaban J connectivity index is 1.75. The van der Waals surface area contributed by atoms with Gasteiger partial charge in [0.05, 0.1) is 6.61 Å². The first kappa shape index (κ1) is 16.0. The smallest absolute Gasteiger partial charge is 0.222 e. The van der Waals surface area contributed by atoms with Crippen LogP contribution in [0.4, 0.5) is 0 Å². The lowest BCUT2D eigenvalue weighted by atomic mass is 10.1. The molecule has 1 atom stereocenters. The van der Waals surface area contributed by atoms with Gasteiger partial charge in [0, 0.05) is 38.6 Å². The molecule has 1 unspecified atom stereocenters. The second kappa shape index (κ2) is 8.15. The minimum Gasteiger partial charge on any atom is -0.395 e. The van der Waals surface area contributed by atoms with Crippen molar-refractivity contribution in [1.29, 1.82) is 0 Å². The summed E-state index contributed by atoms with van der Waals surface area (Å²) in [6, 6.07) is 10.4. The summed E-state index contributed by atoms with van der Waals surface area (Å²) in [7, 11) is 0. The highest BCUT2D eigenvalue weighted by Gasteiger charge is 2.24. The highest BCUT2D eigenvalue weighted by atomic mass is 16.3. The molecule has 1 saturated heterocycles. The third-order valence-corrected chi connectivity index (χ3v) is 4.34. The average Bonchev–Trinajstić information content (AvgIpc) is 2.55. The van der Waals surface area contributed by atoms with Gasteiger partial charge in [-0.2, -0.15) is 0 Å². The summed E-state index contributed by atoms with van der Waals surface area (Å²) in [4.78, 5) is 16.5. The fraction of sp³-hybridized carbons (Fsp3) is 0.588. The molecule has 116 valence electrons. The lowest BCUT2D eigenvalue weighted by Gasteiger charge is -2.38. The van der Waals surface area contributed by atoms with Crippen LogP contribution in [-0.4, -0.2) is 59.6 Å². The van der Waals surface area contributed by atoms with Crippen molar-refractivity contribution in [3.8, 4) is 0 Å². The van der Waals surface area contributed by atoms with Crippen LogP contribution in [0.1, 0.15) is 25.3 Å². The van der Waals surface area contributed by atoms with Gasteiger partial charge in [0.25, 0.3) is 0 Å². The molecule has 1 aromatic rings. The molecule has 2 rings (SSSR count). The van der Waals surface area contributed by atoms with Crippen molar-refractivity contribution >= 4 is 5.91 Å². The van der Waals surface area contributed by atoms with E-state index in [1.54, 1.807) is 0 Å². The molecule has 4 nitrogen and oxygen atoms in total. The first-order valence-corrected chi connectivity index (χ1v) is 7.91. The molecule has 0 aliphatic carbocycles. The van der Waals surface area contributed by atoms with Gasteiger partial charge >= 0.3 is 0 Å². The fourth-order valence-electron chi connectivity index (χ4n) is 2.89. The second-order valence-corrected chi connectivity index (χ2v) is 5.65. The van der Waals surface area contributed by atoms with E-state index in [-0.39, 0.29) is 18.6 Å². The van der Waals surface area contributed by atoms with Gasteiger partial charge in [0.15, 0.2) is 0 Å². The first-order valence-electron chi connectivity index (χ1n) is 7.91. The maximum atomic E-state index is 12.2.